The Morgan fingerprint density at radius 1 is 1.25 bits per heavy atom. The van der Waals surface area contributed by atoms with Gasteiger partial charge in [0.15, 0.2) is 0 Å². The van der Waals surface area contributed by atoms with Crippen molar-refractivity contribution in [1.82, 2.24) is 5.32 Å². The largest absolute Gasteiger partial charge is 0.371 e. The molecule has 0 bridgehead atoms. The lowest BCUT2D eigenvalue weighted by atomic mass is 9.92. The van der Waals surface area contributed by atoms with Crippen LogP contribution in [0.2, 0.25) is 5.02 Å². The van der Waals surface area contributed by atoms with Gasteiger partial charge < -0.3 is 10.2 Å². The topological polar surface area (TPSA) is 15.3 Å². The highest BCUT2D eigenvalue weighted by molar-refractivity contribution is 6.30. The molecule has 0 aromatic heterocycles. The van der Waals surface area contributed by atoms with Gasteiger partial charge in [-0.3, -0.25) is 0 Å². The van der Waals surface area contributed by atoms with Crippen LogP contribution in [-0.4, -0.2) is 19.6 Å². The summed E-state index contributed by atoms with van der Waals surface area (Å²) in [5.41, 5.74) is 2.69. The molecule has 1 N–H and O–H groups in total. The van der Waals surface area contributed by atoms with Gasteiger partial charge in [-0.25, -0.2) is 0 Å². The van der Waals surface area contributed by atoms with E-state index < -0.39 is 0 Å². The highest BCUT2D eigenvalue weighted by Crippen LogP contribution is 2.30. The number of hydrogen-bond donors (Lipinski definition) is 1. The van der Waals surface area contributed by atoms with Gasteiger partial charge >= 0.3 is 0 Å². The average molecular weight is 295 g/mol. The van der Waals surface area contributed by atoms with Crippen LogP contribution in [0.1, 0.15) is 45.1 Å². The summed E-state index contributed by atoms with van der Waals surface area (Å²) in [4.78, 5) is 2.52. The van der Waals surface area contributed by atoms with Gasteiger partial charge in [0.05, 0.1) is 0 Å². The molecule has 1 aliphatic rings. The van der Waals surface area contributed by atoms with Crippen molar-refractivity contribution in [1.29, 1.82) is 0 Å². The molecule has 0 atom stereocenters. The van der Waals surface area contributed by atoms with Crippen LogP contribution in [0.15, 0.2) is 18.2 Å². The smallest absolute Gasteiger partial charge is 0.0426 e. The standard InChI is InChI=1S/C17H27ClN2/c1-3-5-14-8-10-20(11-9-14)17-12-16(18)7-6-15(17)13-19-4-2/h6-7,12,14,19H,3-5,8-11,13H2,1-2H3. The number of nitrogens with one attached hydrogen (secondary N) is 1. The fourth-order valence-corrected chi connectivity index (χ4v) is 3.28. The summed E-state index contributed by atoms with van der Waals surface area (Å²) in [5.74, 6) is 0.924. The molecule has 1 aromatic rings. The molecule has 1 fully saturated rings. The molecule has 1 heterocycles. The van der Waals surface area contributed by atoms with Crippen molar-refractivity contribution in [2.24, 2.45) is 5.92 Å². The lowest BCUT2D eigenvalue weighted by molar-refractivity contribution is 0.378. The molecule has 0 amide bonds. The van der Waals surface area contributed by atoms with E-state index >= 15 is 0 Å². The number of rotatable bonds is 6. The maximum atomic E-state index is 6.20. The van der Waals surface area contributed by atoms with E-state index in [0.29, 0.717) is 0 Å². The summed E-state index contributed by atoms with van der Waals surface area (Å²) in [7, 11) is 0. The van der Waals surface area contributed by atoms with Crippen molar-refractivity contribution in [3.05, 3.63) is 28.8 Å². The summed E-state index contributed by atoms with van der Waals surface area (Å²) in [6.07, 6.45) is 5.34. The summed E-state index contributed by atoms with van der Waals surface area (Å²) >= 11 is 6.20. The van der Waals surface area contributed by atoms with Crippen LogP contribution in [0.25, 0.3) is 0 Å². The number of anilines is 1. The van der Waals surface area contributed by atoms with Gasteiger partial charge in [-0.15, -0.1) is 0 Å². The van der Waals surface area contributed by atoms with E-state index in [1.165, 1.54) is 50.0 Å². The third-order valence-electron chi connectivity index (χ3n) is 4.26. The molecule has 1 aromatic carbocycles. The molecule has 3 heteroatoms. The zero-order chi connectivity index (χ0) is 14.4. The van der Waals surface area contributed by atoms with Crippen LogP contribution in [0.4, 0.5) is 5.69 Å². The average Bonchev–Trinajstić information content (AvgIpc) is 2.47. The molecule has 1 aliphatic heterocycles. The van der Waals surface area contributed by atoms with E-state index in [-0.39, 0.29) is 0 Å². The Hall–Kier alpha value is -0.730. The quantitative estimate of drug-likeness (QED) is 0.833. The monoisotopic (exact) mass is 294 g/mol. The van der Waals surface area contributed by atoms with Crippen molar-refractivity contribution < 1.29 is 0 Å². The van der Waals surface area contributed by atoms with Gasteiger partial charge in [-0.1, -0.05) is 44.4 Å². The summed E-state index contributed by atoms with van der Waals surface area (Å²) in [6.45, 7) is 8.70. The number of piperidine rings is 1. The maximum absolute atomic E-state index is 6.20. The minimum Gasteiger partial charge on any atom is -0.371 e. The van der Waals surface area contributed by atoms with Crippen LogP contribution in [-0.2, 0) is 6.54 Å². The fourth-order valence-electron chi connectivity index (χ4n) is 3.11. The molecular weight excluding hydrogens is 268 g/mol. The van der Waals surface area contributed by atoms with Crippen LogP contribution < -0.4 is 10.2 Å². The van der Waals surface area contributed by atoms with Crippen molar-refractivity contribution in [3.8, 4) is 0 Å². The fraction of sp³-hybridized carbons (Fsp3) is 0.647. The maximum Gasteiger partial charge on any atom is 0.0426 e. The second-order valence-electron chi connectivity index (χ2n) is 5.77. The highest BCUT2D eigenvalue weighted by Gasteiger charge is 2.20. The molecule has 0 unspecified atom stereocenters. The molecule has 0 radical (unpaired) electrons. The molecule has 1 saturated heterocycles. The first-order valence-electron chi connectivity index (χ1n) is 7.98. The van der Waals surface area contributed by atoms with Gasteiger partial charge in [0.1, 0.15) is 0 Å². The van der Waals surface area contributed by atoms with E-state index in [1.54, 1.807) is 0 Å². The minimum atomic E-state index is 0.843. The number of halogens is 1. The Morgan fingerprint density at radius 3 is 2.65 bits per heavy atom. The third-order valence-corrected chi connectivity index (χ3v) is 4.50. The van der Waals surface area contributed by atoms with Gasteiger partial charge in [0, 0.05) is 30.3 Å². The Labute approximate surface area is 128 Å². The summed E-state index contributed by atoms with van der Waals surface area (Å²) in [5, 5.41) is 4.27. The normalized spacial score (nSPS) is 16.6. The zero-order valence-corrected chi connectivity index (χ0v) is 13.5. The summed E-state index contributed by atoms with van der Waals surface area (Å²) < 4.78 is 0. The number of benzene rings is 1. The van der Waals surface area contributed by atoms with Gasteiger partial charge in [0.25, 0.3) is 0 Å². The molecule has 0 spiro atoms. The van der Waals surface area contributed by atoms with Crippen molar-refractivity contribution >= 4 is 17.3 Å². The van der Waals surface area contributed by atoms with Gasteiger partial charge in [0.2, 0.25) is 0 Å². The first kappa shape index (κ1) is 15.7. The number of nitrogens with zero attached hydrogens (tertiary/aromatic N) is 1. The van der Waals surface area contributed by atoms with Crippen LogP contribution in [0.3, 0.4) is 0 Å². The van der Waals surface area contributed by atoms with Crippen LogP contribution in [0.5, 0.6) is 0 Å². The first-order chi connectivity index (χ1) is 9.74. The van der Waals surface area contributed by atoms with Gasteiger partial charge in [-0.2, -0.15) is 0 Å². The molecule has 112 valence electrons. The Balaban J connectivity index is 2.05. The minimum absolute atomic E-state index is 0.843. The van der Waals surface area contributed by atoms with E-state index in [2.05, 4.69) is 36.2 Å². The Kier molecular flexibility index (Phi) is 6.18. The molecule has 2 nitrogen and oxygen atoms in total. The van der Waals surface area contributed by atoms with Crippen LogP contribution in [0, 0.1) is 5.92 Å². The molecule has 0 saturated carbocycles. The Morgan fingerprint density at radius 2 is 2.00 bits per heavy atom. The van der Waals surface area contributed by atoms with Crippen molar-refractivity contribution in [2.45, 2.75) is 46.1 Å². The molecule has 0 aliphatic carbocycles. The zero-order valence-electron chi connectivity index (χ0n) is 12.8. The Bertz CT molecular complexity index is 411. The predicted molar refractivity (Wildman–Crippen MR) is 88.7 cm³/mol. The lowest BCUT2D eigenvalue weighted by Gasteiger charge is -2.35. The van der Waals surface area contributed by atoms with E-state index in [9.17, 15) is 0 Å². The number of hydrogen-bond acceptors (Lipinski definition) is 2. The lowest BCUT2D eigenvalue weighted by Crippen LogP contribution is -2.34. The van der Waals surface area contributed by atoms with Crippen LogP contribution >= 0.6 is 11.6 Å². The molecule has 20 heavy (non-hydrogen) atoms. The first-order valence-corrected chi connectivity index (χ1v) is 8.36. The molecule has 2 rings (SSSR count). The second-order valence-corrected chi connectivity index (χ2v) is 6.21. The van der Waals surface area contributed by atoms with Crippen molar-refractivity contribution in [2.75, 3.05) is 24.5 Å². The van der Waals surface area contributed by atoms with Gasteiger partial charge in [-0.05, 0) is 43.0 Å². The third kappa shape index (κ3) is 4.13. The van der Waals surface area contributed by atoms with E-state index in [0.717, 1.165) is 24.0 Å². The summed E-state index contributed by atoms with van der Waals surface area (Å²) in [6, 6.07) is 6.30. The highest BCUT2D eigenvalue weighted by atomic mass is 35.5. The SMILES string of the molecule is CCCC1CCN(c2cc(Cl)ccc2CNCC)CC1. The van der Waals surface area contributed by atoms with Crippen molar-refractivity contribution in [3.63, 3.8) is 0 Å². The molecular formula is C17H27ClN2. The second kappa shape index (κ2) is 7.90. The van der Waals surface area contributed by atoms with E-state index in [1.807, 2.05) is 6.07 Å². The van der Waals surface area contributed by atoms with E-state index in [4.69, 9.17) is 11.6 Å². The predicted octanol–water partition coefficient (Wildman–Crippen LogP) is 4.47.